The molecule has 0 aliphatic carbocycles. The lowest BCUT2D eigenvalue weighted by molar-refractivity contribution is -0.0278. The van der Waals surface area contributed by atoms with E-state index in [1.54, 1.807) is 24.3 Å². The summed E-state index contributed by atoms with van der Waals surface area (Å²) in [7, 11) is 0. The third kappa shape index (κ3) is 4.06. The lowest BCUT2D eigenvalue weighted by atomic mass is 9.84. The second-order valence-corrected chi connectivity index (χ2v) is 9.11. The van der Waals surface area contributed by atoms with Gasteiger partial charge in [-0.1, -0.05) is 19.9 Å². The summed E-state index contributed by atoms with van der Waals surface area (Å²) in [5.41, 5.74) is 1.24. The Balaban J connectivity index is 1.31. The molecular formula is C25H28N2O5. The summed E-state index contributed by atoms with van der Waals surface area (Å²) in [4.78, 5) is 15.1. The zero-order valence-corrected chi connectivity index (χ0v) is 18.4. The molecule has 2 aromatic carbocycles. The van der Waals surface area contributed by atoms with Crippen molar-refractivity contribution < 1.29 is 23.8 Å². The van der Waals surface area contributed by atoms with Gasteiger partial charge in [0.2, 0.25) is 6.79 Å². The molecule has 7 nitrogen and oxygen atoms in total. The van der Waals surface area contributed by atoms with Crippen LogP contribution < -0.4 is 14.8 Å². The molecular weight excluding hydrogens is 408 g/mol. The van der Waals surface area contributed by atoms with E-state index < -0.39 is 5.60 Å². The summed E-state index contributed by atoms with van der Waals surface area (Å²) in [6.45, 7) is 7.42. The molecule has 1 aromatic heterocycles. The van der Waals surface area contributed by atoms with E-state index >= 15 is 0 Å². The Kier molecular flexibility index (Phi) is 5.31. The lowest BCUT2D eigenvalue weighted by Crippen LogP contribution is -2.43. The van der Waals surface area contributed by atoms with Gasteiger partial charge in [-0.25, -0.2) is 0 Å². The largest absolute Gasteiger partial charge is 0.454 e. The number of carbonyl (C=O) groups excluding carboxylic acids is 1. The van der Waals surface area contributed by atoms with E-state index in [1.807, 2.05) is 18.2 Å². The fraction of sp³-hybridized carbons (Fsp3) is 0.400. The number of nitrogens with zero attached hydrogens (tertiary/aromatic N) is 1. The standard InChI is InChI=1S/C25H28N2O5/c1-16(2)14-27-9-7-25(29,8-10-27)18-3-5-20-17(11-18)12-23(32-20)24(28)26-19-4-6-21-22(13-19)31-15-30-21/h3-6,11-13,16,29H,7-10,14-15H2,1-2H3,(H,26,28). The number of piperidine rings is 1. The van der Waals surface area contributed by atoms with Crippen LogP contribution in [0, 0.1) is 5.92 Å². The quantitative estimate of drug-likeness (QED) is 0.619. The van der Waals surface area contributed by atoms with E-state index in [4.69, 9.17) is 13.9 Å². The van der Waals surface area contributed by atoms with Crippen molar-refractivity contribution in [3.05, 3.63) is 53.8 Å². The van der Waals surface area contributed by atoms with Crippen LogP contribution in [-0.4, -0.2) is 42.3 Å². The van der Waals surface area contributed by atoms with Gasteiger partial charge in [0.25, 0.3) is 5.91 Å². The number of furan rings is 1. The van der Waals surface area contributed by atoms with Crippen molar-refractivity contribution in [2.75, 3.05) is 31.7 Å². The number of hydrogen-bond donors (Lipinski definition) is 2. The summed E-state index contributed by atoms with van der Waals surface area (Å²) < 4.78 is 16.4. The molecule has 3 heterocycles. The number of aliphatic hydroxyl groups is 1. The Morgan fingerprint density at radius 3 is 2.66 bits per heavy atom. The third-order valence-corrected chi connectivity index (χ3v) is 6.21. The van der Waals surface area contributed by atoms with Gasteiger partial charge in [0.1, 0.15) is 5.58 Å². The molecule has 0 unspecified atom stereocenters. The summed E-state index contributed by atoms with van der Waals surface area (Å²) in [5, 5.41) is 14.9. The summed E-state index contributed by atoms with van der Waals surface area (Å²) >= 11 is 0. The molecule has 32 heavy (non-hydrogen) atoms. The van der Waals surface area contributed by atoms with Crippen LogP contribution in [0.1, 0.15) is 42.8 Å². The first-order valence-electron chi connectivity index (χ1n) is 11.1. The van der Waals surface area contributed by atoms with Crippen molar-refractivity contribution >= 4 is 22.6 Å². The van der Waals surface area contributed by atoms with Gasteiger partial charge in [0, 0.05) is 36.8 Å². The van der Waals surface area contributed by atoms with Crippen LogP contribution in [0.4, 0.5) is 5.69 Å². The summed E-state index contributed by atoms with van der Waals surface area (Å²) in [6, 6.07) is 12.6. The number of amides is 1. The van der Waals surface area contributed by atoms with E-state index in [0.717, 1.165) is 30.6 Å². The normalized spacial score (nSPS) is 17.8. The average Bonchev–Trinajstić information content (AvgIpc) is 3.41. The van der Waals surface area contributed by atoms with Crippen LogP contribution in [0.5, 0.6) is 11.5 Å². The molecule has 0 radical (unpaired) electrons. The molecule has 2 N–H and O–H groups in total. The number of hydrogen-bond acceptors (Lipinski definition) is 6. The second kappa shape index (κ2) is 8.15. The molecule has 0 bridgehead atoms. The van der Waals surface area contributed by atoms with E-state index in [2.05, 4.69) is 24.1 Å². The lowest BCUT2D eigenvalue weighted by Gasteiger charge is -2.39. The van der Waals surface area contributed by atoms with Crippen LogP contribution in [0.25, 0.3) is 11.0 Å². The number of likely N-dealkylation sites (tertiary alicyclic amines) is 1. The van der Waals surface area contributed by atoms with E-state index in [0.29, 0.717) is 41.5 Å². The fourth-order valence-corrected chi connectivity index (χ4v) is 4.52. The maximum Gasteiger partial charge on any atom is 0.291 e. The van der Waals surface area contributed by atoms with Gasteiger partial charge < -0.3 is 29.2 Å². The molecule has 0 atom stereocenters. The topological polar surface area (TPSA) is 84.2 Å². The van der Waals surface area contributed by atoms with Gasteiger partial charge in [-0.3, -0.25) is 4.79 Å². The number of fused-ring (bicyclic) bond motifs is 2. The van der Waals surface area contributed by atoms with E-state index in [-0.39, 0.29) is 18.5 Å². The molecule has 3 aromatic rings. The maximum absolute atomic E-state index is 12.7. The number of carbonyl (C=O) groups is 1. The van der Waals surface area contributed by atoms with Crippen molar-refractivity contribution in [3.8, 4) is 11.5 Å². The molecule has 0 saturated carbocycles. The smallest absolute Gasteiger partial charge is 0.291 e. The molecule has 7 heteroatoms. The highest BCUT2D eigenvalue weighted by molar-refractivity contribution is 6.04. The number of anilines is 1. The van der Waals surface area contributed by atoms with Crippen LogP contribution in [0.2, 0.25) is 0 Å². The van der Waals surface area contributed by atoms with Gasteiger partial charge in [0.05, 0.1) is 5.60 Å². The molecule has 0 spiro atoms. The molecule has 5 rings (SSSR count). The molecule has 1 fully saturated rings. The highest BCUT2D eigenvalue weighted by atomic mass is 16.7. The predicted octanol–water partition coefficient (Wildman–Crippen LogP) is 4.35. The van der Waals surface area contributed by atoms with Gasteiger partial charge in [-0.2, -0.15) is 0 Å². The minimum atomic E-state index is -0.853. The van der Waals surface area contributed by atoms with Crippen molar-refractivity contribution in [1.82, 2.24) is 4.90 Å². The van der Waals surface area contributed by atoms with Crippen LogP contribution in [-0.2, 0) is 5.60 Å². The van der Waals surface area contributed by atoms with Gasteiger partial charge >= 0.3 is 0 Å². The van der Waals surface area contributed by atoms with E-state index in [1.165, 1.54) is 0 Å². The van der Waals surface area contributed by atoms with Crippen LogP contribution >= 0.6 is 0 Å². The minimum absolute atomic E-state index is 0.181. The molecule has 2 aliphatic rings. The van der Waals surface area contributed by atoms with Crippen molar-refractivity contribution in [2.24, 2.45) is 5.92 Å². The predicted molar refractivity (Wildman–Crippen MR) is 121 cm³/mol. The monoisotopic (exact) mass is 436 g/mol. The molecule has 2 aliphatic heterocycles. The first kappa shape index (κ1) is 20.8. The molecule has 1 saturated heterocycles. The number of ether oxygens (including phenoxy) is 2. The van der Waals surface area contributed by atoms with Gasteiger partial charge in [0.15, 0.2) is 17.3 Å². The van der Waals surface area contributed by atoms with Crippen LogP contribution in [0.3, 0.4) is 0 Å². The van der Waals surface area contributed by atoms with Crippen molar-refractivity contribution in [2.45, 2.75) is 32.3 Å². The van der Waals surface area contributed by atoms with Gasteiger partial charge in [-0.15, -0.1) is 0 Å². The molecule has 168 valence electrons. The van der Waals surface area contributed by atoms with Crippen LogP contribution in [0.15, 0.2) is 46.9 Å². The van der Waals surface area contributed by atoms with Crippen molar-refractivity contribution in [1.29, 1.82) is 0 Å². The third-order valence-electron chi connectivity index (χ3n) is 6.21. The number of nitrogens with one attached hydrogen (secondary N) is 1. The minimum Gasteiger partial charge on any atom is -0.454 e. The van der Waals surface area contributed by atoms with E-state index in [9.17, 15) is 9.90 Å². The Morgan fingerprint density at radius 1 is 1.09 bits per heavy atom. The first-order chi connectivity index (χ1) is 15.4. The van der Waals surface area contributed by atoms with Gasteiger partial charge in [-0.05, 0) is 54.7 Å². The number of benzene rings is 2. The van der Waals surface area contributed by atoms with Crippen molar-refractivity contribution in [3.63, 3.8) is 0 Å². The SMILES string of the molecule is CC(C)CN1CCC(O)(c2ccc3oc(C(=O)Nc4ccc5c(c4)OCO5)cc3c2)CC1. The molecule has 1 amide bonds. The number of rotatable bonds is 5. The maximum atomic E-state index is 12.7. The second-order valence-electron chi connectivity index (χ2n) is 9.11. The fourth-order valence-electron chi connectivity index (χ4n) is 4.52. The Labute approximate surface area is 186 Å². The Hall–Kier alpha value is -3.03. The summed E-state index contributed by atoms with van der Waals surface area (Å²) in [6.07, 6.45) is 1.39. The zero-order valence-electron chi connectivity index (χ0n) is 18.4. The zero-order chi connectivity index (χ0) is 22.3. The highest BCUT2D eigenvalue weighted by Gasteiger charge is 2.34. The first-order valence-corrected chi connectivity index (χ1v) is 11.1. The Morgan fingerprint density at radius 2 is 1.88 bits per heavy atom. The average molecular weight is 437 g/mol. The highest BCUT2D eigenvalue weighted by Crippen LogP contribution is 2.36. The Bertz CT molecular complexity index is 1140. The summed E-state index contributed by atoms with van der Waals surface area (Å²) in [5.74, 6) is 1.75.